The maximum Gasteiger partial charge on any atom is 0.490 e. The molecule has 2 N–H and O–H groups in total. The Labute approximate surface area is 158 Å². The molecular weight excluding hydrogens is 347 g/mol. The molecule has 7 nitrogen and oxygen atoms in total. The molecule has 0 saturated carbocycles. The SMILES string of the molecule is COC(=O)c1cccc(OCC2CCN(c3ccc(B(O)O)cn3)CC2)c1. The molecule has 0 amide bonds. The summed E-state index contributed by atoms with van der Waals surface area (Å²) in [6, 6.07) is 10.5. The molecule has 0 atom stereocenters. The summed E-state index contributed by atoms with van der Waals surface area (Å²) in [5, 5.41) is 18.3. The average molecular weight is 370 g/mol. The Morgan fingerprint density at radius 2 is 2.04 bits per heavy atom. The Morgan fingerprint density at radius 1 is 1.26 bits per heavy atom. The average Bonchev–Trinajstić information content (AvgIpc) is 2.72. The third-order valence-corrected chi connectivity index (χ3v) is 4.75. The van der Waals surface area contributed by atoms with Crippen molar-refractivity contribution in [3.8, 4) is 5.75 Å². The van der Waals surface area contributed by atoms with E-state index in [2.05, 4.69) is 9.88 Å². The number of anilines is 1. The number of esters is 1. The van der Waals surface area contributed by atoms with Crippen LogP contribution in [0.1, 0.15) is 23.2 Å². The quantitative estimate of drug-likeness (QED) is 0.575. The molecule has 1 aromatic heterocycles. The molecule has 1 saturated heterocycles. The molecule has 8 heteroatoms. The normalized spacial score (nSPS) is 14.7. The van der Waals surface area contributed by atoms with Gasteiger partial charge in [-0.2, -0.15) is 0 Å². The van der Waals surface area contributed by atoms with E-state index >= 15 is 0 Å². The fourth-order valence-electron chi connectivity index (χ4n) is 3.11. The van der Waals surface area contributed by atoms with E-state index in [1.165, 1.54) is 13.3 Å². The second-order valence-corrected chi connectivity index (χ2v) is 6.58. The predicted molar refractivity (Wildman–Crippen MR) is 102 cm³/mol. The molecule has 1 fully saturated rings. The smallest absolute Gasteiger partial charge is 0.490 e. The molecule has 2 aromatic rings. The molecule has 1 aromatic carbocycles. The van der Waals surface area contributed by atoms with Gasteiger partial charge in [-0.25, -0.2) is 9.78 Å². The summed E-state index contributed by atoms with van der Waals surface area (Å²) < 4.78 is 10.6. The topological polar surface area (TPSA) is 92.1 Å². The highest BCUT2D eigenvalue weighted by molar-refractivity contribution is 6.58. The van der Waals surface area contributed by atoms with Crippen molar-refractivity contribution in [2.45, 2.75) is 12.8 Å². The molecule has 2 heterocycles. The lowest BCUT2D eigenvalue weighted by Crippen LogP contribution is -2.37. The van der Waals surface area contributed by atoms with E-state index in [4.69, 9.17) is 19.5 Å². The van der Waals surface area contributed by atoms with Crippen molar-refractivity contribution in [2.75, 3.05) is 31.7 Å². The van der Waals surface area contributed by atoms with E-state index < -0.39 is 7.12 Å². The van der Waals surface area contributed by atoms with Crippen molar-refractivity contribution < 1.29 is 24.3 Å². The van der Waals surface area contributed by atoms with Gasteiger partial charge in [-0.15, -0.1) is 0 Å². The van der Waals surface area contributed by atoms with Crippen molar-refractivity contribution in [1.29, 1.82) is 0 Å². The van der Waals surface area contributed by atoms with E-state index in [-0.39, 0.29) is 5.97 Å². The van der Waals surface area contributed by atoms with Gasteiger partial charge in [0.15, 0.2) is 0 Å². The first-order valence-corrected chi connectivity index (χ1v) is 8.95. The molecule has 1 aliphatic rings. The first-order chi connectivity index (χ1) is 13.1. The lowest BCUT2D eigenvalue weighted by Gasteiger charge is -2.32. The minimum atomic E-state index is -1.49. The first kappa shape index (κ1) is 19.2. The molecule has 1 aliphatic heterocycles. The van der Waals surface area contributed by atoms with Crippen molar-refractivity contribution in [3.05, 3.63) is 48.2 Å². The van der Waals surface area contributed by atoms with E-state index in [9.17, 15) is 4.79 Å². The summed E-state index contributed by atoms with van der Waals surface area (Å²) in [6.07, 6.45) is 3.44. The van der Waals surface area contributed by atoms with E-state index in [1.54, 1.807) is 24.3 Å². The van der Waals surface area contributed by atoms with Gasteiger partial charge < -0.3 is 24.4 Å². The van der Waals surface area contributed by atoms with E-state index in [1.807, 2.05) is 12.1 Å². The van der Waals surface area contributed by atoms with Crippen LogP contribution in [0.15, 0.2) is 42.6 Å². The van der Waals surface area contributed by atoms with Crippen LogP contribution < -0.4 is 15.1 Å². The van der Waals surface area contributed by atoms with Gasteiger partial charge in [0.1, 0.15) is 11.6 Å². The largest absolute Gasteiger partial charge is 0.493 e. The number of carbonyl (C=O) groups excluding carboxylic acids is 1. The second kappa shape index (κ2) is 8.88. The number of rotatable bonds is 6. The number of piperidine rings is 1. The minimum Gasteiger partial charge on any atom is -0.493 e. The minimum absolute atomic E-state index is 0.374. The van der Waals surface area contributed by atoms with Gasteiger partial charge in [0.25, 0.3) is 0 Å². The monoisotopic (exact) mass is 370 g/mol. The van der Waals surface area contributed by atoms with E-state index in [0.29, 0.717) is 29.3 Å². The van der Waals surface area contributed by atoms with Crippen LogP contribution in [0.3, 0.4) is 0 Å². The van der Waals surface area contributed by atoms with Crippen LogP contribution in [0.4, 0.5) is 5.82 Å². The van der Waals surface area contributed by atoms with Crippen LogP contribution in [0.25, 0.3) is 0 Å². The Balaban J connectivity index is 1.49. The van der Waals surface area contributed by atoms with Crippen LogP contribution in [0.2, 0.25) is 0 Å². The Morgan fingerprint density at radius 3 is 2.67 bits per heavy atom. The van der Waals surface area contributed by atoms with Crippen molar-refractivity contribution in [1.82, 2.24) is 4.98 Å². The van der Waals surface area contributed by atoms with Crippen LogP contribution in [0, 0.1) is 5.92 Å². The van der Waals surface area contributed by atoms with Crippen LogP contribution in [-0.2, 0) is 4.74 Å². The fraction of sp³-hybridized carbons (Fsp3) is 0.368. The number of methoxy groups -OCH3 is 1. The number of carbonyl (C=O) groups is 1. The van der Waals surface area contributed by atoms with Crippen molar-refractivity contribution in [2.24, 2.45) is 5.92 Å². The number of benzene rings is 1. The predicted octanol–water partition coefficient (Wildman–Crippen LogP) is 0.843. The molecule has 142 valence electrons. The fourth-order valence-corrected chi connectivity index (χ4v) is 3.11. The van der Waals surface area contributed by atoms with Crippen molar-refractivity contribution in [3.63, 3.8) is 0 Å². The molecule has 27 heavy (non-hydrogen) atoms. The summed E-state index contributed by atoms with van der Waals surface area (Å²) in [5.41, 5.74) is 0.864. The standard InChI is InChI=1S/C19H23BN2O5/c1-26-19(23)15-3-2-4-17(11-15)27-13-14-7-9-22(10-8-14)18-6-5-16(12-21-18)20(24)25/h2-6,11-12,14,24-25H,7-10,13H2,1H3. The molecule has 0 radical (unpaired) electrons. The number of hydrogen-bond acceptors (Lipinski definition) is 7. The molecule has 0 bridgehead atoms. The highest BCUT2D eigenvalue weighted by atomic mass is 16.5. The Bertz CT molecular complexity index is 761. The number of aromatic nitrogens is 1. The summed E-state index contributed by atoms with van der Waals surface area (Å²) in [6.45, 7) is 2.33. The second-order valence-electron chi connectivity index (χ2n) is 6.58. The van der Waals surface area contributed by atoms with Crippen LogP contribution in [-0.4, -0.2) is 54.9 Å². The van der Waals surface area contributed by atoms with Gasteiger partial charge in [-0.05, 0) is 43.0 Å². The third kappa shape index (κ3) is 4.99. The molecule has 0 aliphatic carbocycles. The van der Waals surface area contributed by atoms with Crippen LogP contribution >= 0.6 is 0 Å². The summed E-state index contributed by atoms with van der Waals surface area (Å²) in [7, 11) is -0.134. The summed E-state index contributed by atoms with van der Waals surface area (Å²) in [4.78, 5) is 18.1. The number of nitrogens with zero attached hydrogens (tertiary/aromatic N) is 2. The summed E-state index contributed by atoms with van der Waals surface area (Å²) in [5.74, 6) is 1.56. The number of hydrogen-bond donors (Lipinski definition) is 2. The third-order valence-electron chi connectivity index (χ3n) is 4.75. The first-order valence-electron chi connectivity index (χ1n) is 8.95. The zero-order valence-corrected chi connectivity index (χ0v) is 15.2. The van der Waals surface area contributed by atoms with Gasteiger partial charge >= 0.3 is 13.1 Å². The molecule has 0 spiro atoms. The van der Waals surface area contributed by atoms with Gasteiger partial charge in [0, 0.05) is 24.7 Å². The lowest BCUT2D eigenvalue weighted by atomic mass is 9.82. The van der Waals surface area contributed by atoms with E-state index in [0.717, 1.165) is 31.7 Å². The van der Waals surface area contributed by atoms with Gasteiger partial charge in [-0.1, -0.05) is 12.1 Å². The summed E-state index contributed by atoms with van der Waals surface area (Å²) >= 11 is 0. The lowest BCUT2D eigenvalue weighted by molar-refractivity contribution is 0.0600. The molecule has 0 unspecified atom stereocenters. The van der Waals surface area contributed by atoms with Crippen molar-refractivity contribution >= 4 is 24.4 Å². The number of ether oxygens (including phenoxy) is 2. The Hall–Kier alpha value is -2.58. The van der Waals surface area contributed by atoms with Gasteiger partial charge in [0.05, 0.1) is 19.3 Å². The Kier molecular flexibility index (Phi) is 6.31. The van der Waals surface area contributed by atoms with Gasteiger partial charge in [0.2, 0.25) is 0 Å². The zero-order chi connectivity index (χ0) is 19.2. The highest BCUT2D eigenvalue weighted by Gasteiger charge is 2.21. The maximum atomic E-state index is 11.6. The molecular formula is C19H23BN2O5. The molecule has 3 rings (SSSR count). The highest BCUT2D eigenvalue weighted by Crippen LogP contribution is 2.23. The maximum absolute atomic E-state index is 11.6. The van der Waals surface area contributed by atoms with Crippen LogP contribution in [0.5, 0.6) is 5.75 Å². The zero-order valence-electron chi connectivity index (χ0n) is 15.2. The number of pyridine rings is 1. The van der Waals surface area contributed by atoms with Gasteiger partial charge in [-0.3, -0.25) is 0 Å².